The molecule has 1 aliphatic rings. The Morgan fingerprint density at radius 1 is 1.20 bits per heavy atom. The van der Waals surface area contributed by atoms with Gasteiger partial charge in [0.1, 0.15) is 4.75 Å². The molecule has 4 rings (SSSR count). The quantitative estimate of drug-likeness (QED) is 0.685. The molecule has 1 N–H and O–H groups in total. The lowest BCUT2D eigenvalue weighted by molar-refractivity contribution is -0.116. The van der Waals surface area contributed by atoms with E-state index in [9.17, 15) is 9.59 Å². The Labute approximate surface area is 147 Å². The molecule has 8 heteroatoms. The first kappa shape index (κ1) is 15.6. The number of thioether (sulfide) groups is 1. The van der Waals surface area contributed by atoms with E-state index in [0.29, 0.717) is 23.2 Å². The van der Waals surface area contributed by atoms with Crippen molar-refractivity contribution in [2.24, 2.45) is 0 Å². The average molecular weight is 354 g/mol. The second-order valence-electron chi connectivity index (χ2n) is 5.68. The van der Waals surface area contributed by atoms with Crippen LogP contribution in [0.15, 0.2) is 58.3 Å². The molecule has 1 aliphatic carbocycles. The van der Waals surface area contributed by atoms with Crippen molar-refractivity contribution in [2.45, 2.75) is 22.7 Å². The zero-order chi connectivity index (χ0) is 17.3. The number of furan rings is 1. The van der Waals surface area contributed by atoms with Gasteiger partial charge in [0.05, 0.1) is 6.26 Å². The number of carbonyl (C=O) groups excluding carboxylic acids is 2. The maximum atomic E-state index is 12.6. The number of anilines is 1. The molecule has 0 radical (unpaired) electrons. The summed E-state index contributed by atoms with van der Waals surface area (Å²) in [6.45, 7) is 0. The second kappa shape index (κ2) is 6.21. The second-order valence-corrected chi connectivity index (χ2v) is 7.03. The number of benzene rings is 1. The predicted octanol–water partition coefficient (Wildman–Crippen LogP) is 2.84. The van der Waals surface area contributed by atoms with Gasteiger partial charge in [-0.2, -0.15) is 0 Å². The smallest absolute Gasteiger partial charge is 0.241 e. The zero-order valence-corrected chi connectivity index (χ0v) is 13.9. The number of rotatable bonds is 6. The Bertz CT molecular complexity index is 901. The van der Waals surface area contributed by atoms with E-state index in [-0.39, 0.29) is 5.91 Å². The molecule has 25 heavy (non-hydrogen) atoms. The molecule has 0 spiro atoms. The highest BCUT2D eigenvalue weighted by atomic mass is 32.2. The summed E-state index contributed by atoms with van der Waals surface area (Å²) in [5, 5.41) is 11.4. The Balaban J connectivity index is 1.56. The van der Waals surface area contributed by atoms with Crippen molar-refractivity contribution < 1.29 is 14.0 Å². The van der Waals surface area contributed by atoms with Crippen LogP contribution in [0.3, 0.4) is 0 Å². The number of amides is 1. The number of nitrogens with zero attached hydrogens (tertiary/aromatic N) is 3. The third-order valence-corrected chi connectivity index (χ3v) is 5.39. The lowest BCUT2D eigenvalue weighted by atomic mass is 10.3. The van der Waals surface area contributed by atoms with Crippen LogP contribution in [-0.4, -0.2) is 31.8 Å². The number of carbonyl (C=O) groups is 2. The van der Waals surface area contributed by atoms with Gasteiger partial charge in [-0.3, -0.25) is 9.59 Å². The minimum atomic E-state index is -0.621. The van der Waals surface area contributed by atoms with Crippen LogP contribution in [-0.2, 0) is 9.59 Å². The maximum Gasteiger partial charge on any atom is 0.241 e. The number of hydrogen-bond donors (Lipinski definition) is 1. The average Bonchev–Trinajstić information content (AvgIpc) is 3.05. The van der Waals surface area contributed by atoms with Crippen molar-refractivity contribution in [3.63, 3.8) is 0 Å². The van der Waals surface area contributed by atoms with Crippen LogP contribution in [0.4, 0.5) is 5.69 Å². The number of hydrogen-bond acceptors (Lipinski definition) is 6. The molecule has 0 unspecified atom stereocenters. The van der Waals surface area contributed by atoms with Gasteiger partial charge >= 0.3 is 0 Å². The van der Waals surface area contributed by atoms with Crippen molar-refractivity contribution in [3.8, 4) is 11.6 Å². The maximum absolute atomic E-state index is 12.6. The predicted molar refractivity (Wildman–Crippen MR) is 92.8 cm³/mol. The van der Waals surface area contributed by atoms with Crippen LogP contribution in [0.25, 0.3) is 11.6 Å². The lowest BCUT2D eigenvalue weighted by Gasteiger charge is -2.14. The van der Waals surface area contributed by atoms with Crippen LogP contribution in [0.5, 0.6) is 0 Å². The van der Waals surface area contributed by atoms with E-state index in [0.717, 1.165) is 18.5 Å². The van der Waals surface area contributed by atoms with Gasteiger partial charge in [0.25, 0.3) is 0 Å². The molecule has 1 amide bonds. The SMILES string of the molecule is O=Cn1c(SC2(C(=O)Nc3ccccc3)CC2)nnc1-c1ccco1. The highest BCUT2D eigenvalue weighted by Crippen LogP contribution is 2.52. The molecule has 0 aliphatic heterocycles. The van der Waals surface area contributed by atoms with Gasteiger partial charge in [0, 0.05) is 5.69 Å². The molecular formula is C17H14N4O3S. The molecule has 0 bridgehead atoms. The van der Waals surface area contributed by atoms with Crippen molar-refractivity contribution >= 4 is 29.8 Å². The molecule has 7 nitrogen and oxygen atoms in total. The molecule has 126 valence electrons. The molecule has 1 fully saturated rings. The van der Waals surface area contributed by atoms with Gasteiger partial charge in [0.2, 0.25) is 18.1 Å². The number of para-hydroxylation sites is 1. The normalized spacial score (nSPS) is 14.9. The molecule has 1 saturated carbocycles. The number of aromatic nitrogens is 3. The molecule has 2 heterocycles. The van der Waals surface area contributed by atoms with Gasteiger partial charge in [-0.15, -0.1) is 10.2 Å². The van der Waals surface area contributed by atoms with E-state index in [1.165, 1.54) is 22.6 Å². The summed E-state index contributed by atoms with van der Waals surface area (Å²) in [6, 6.07) is 12.7. The fraction of sp³-hybridized carbons (Fsp3) is 0.176. The first-order chi connectivity index (χ1) is 12.2. The fourth-order valence-electron chi connectivity index (χ4n) is 2.45. The minimum absolute atomic E-state index is 0.0938. The molecule has 1 aromatic carbocycles. The molecule has 2 aromatic heterocycles. The number of nitrogens with one attached hydrogen (secondary N) is 1. The van der Waals surface area contributed by atoms with Gasteiger partial charge in [-0.25, -0.2) is 4.57 Å². The standard InChI is InChI=1S/C17H14N4O3S/c22-11-21-14(13-7-4-10-24-13)19-20-16(21)25-17(8-9-17)15(23)18-12-5-2-1-3-6-12/h1-7,10-11H,8-9H2,(H,18,23). The first-order valence-electron chi connectivity index (χ1n) is 7.71. The van der Waals surface area contributed by atoms with Gasteiger partial charge in [-0.1, -0.05) is 30.0 Å². The van der Waals surface area contributed by atoms with E-state index in [1.54, 1.807) is 12.1 Å². The molecule has 0 atom stereocenters. The van der Waals surface area contributed by atoms with Gasteiger partial charge in [-0.05, 0) is 37.1 Å². The van der Waals surface area contributed by atoms with Crippen LogP contribution in [0.2, 0.25) is 0 Å². The summed E-state index contributed by atoms with van der Waals surface area (Å²) in [7, 11) is 0. The third-order valence-electron chi connectivity index (χ3n) is 3.95. The third kappa shape index (κ3) is 2.96. The first-order valence-corrected chi connectivity index (χ1v) is 8.53. The fourth-order valence-corrected chi connectivity index (χ4v) is 3.55. The lowest BCUT2D eigenvalue weighted by Crippen LogP contribution is -2.27. The van der Waals surface area contributed by atoms with Crippen molar-refractivity contribution in [1.29, 1.82) is 0 Å². The monoisotopic (exact) mass is 354 g/mol. The van der Waals surface area contributed by atoms with Crippen LogP contribution >= 0.6 is 11.8 Å². The van der Waals surface area contributed by atoms with E-state index in [4.69, 9.17) is 4.42 Å². The van der Waals surface area contributed by atoms with Crippen molar-refractivity contribution in [1.82, 2.24) is 14.8 Å². The topological polar surface area (TPSA) is 90.0 Å². The van der Waals surface area contributed by atoms with E-state index in [1.807, 2.05) is 30.3 Å². The zero-order valence-electron chi connectivity index (χ0n) is 13.1. The molecule has 0 saturated heterocycles. The molecule has 3 aromatic rings. The highest BCUT2D eigenvalue weighted by Gasteiger charge is 2.52. The van der Waals surface area contributed by atoms with Crippen molar-refractivity contribution in [2.75, 3.05) is 5.32 Å². The summed E-state index contributed by atoms with van der Waals surface area (Å²) in [5.41, 5.74) is 0.743. The Kier molecular flexibility index (Phi) is 3.89. The Morgan fingerprint density at radius 2 is 2.00 bits per heavy atom. The highest BCUT2D eigenvalue weighted by molar-refractivity contribution is 8.01. The van der Waals surface area contributed by atoms with E-state index in [2.05, 4.69) is 15.5 Å². The largest absolute Gasteiger partial charge is 0.461 e. The van der Waals surface area contributed by atoms with E-state index >= 15 is 0 Å². The van der Waals surface area contributed by atoms with Gasteiger partial charge < -0.3 is 9.73 Å². The molecular weight excluding hydrogens is 340 g/mol. The summed E-state index contributed by atoms with van der Waals surface area (Å²) < 4.78 is 5.96. The van der Waals surface area contributed by atoms with Crippen LogP contribution in [0, 0.1) is 0 Å². The summed E-state index contributed by atoms with van der Waals surface area (Å²) in [4.78, 5) is 24.1. The Hall–Kier alpha value is -2.87. The van der Waals surface area contributed by atoms with Crippen LogP contribution < -0.4 is 5.32 Å². The summed E-state index contributed by atoms with van der Waals surface area (Å²) in [5.74, 6) is 0.676. The van der Waals surface area contributed by atoms with Crippen LogP contribution in [0.1, 0.15) is 12.8 Å². The van der Waals surface area contributed by atoms with Crippen molar-refractivity contribution in [3.05, 3.63) is 48.7 Å². The van der Waals surface area contributed by atoms with E-state index < -0.39 is 4.75 Å². The van der Waals surface area contributed by atoms with Gasteiger partial charge in [0.15, 0.2) is 10.9 Å². The summed E-state index contributed by atoms with van der Waals surface area (Å²) >= 11 is 1.26. The minimum Gasteiger partial charge on any atom is -0.461 e. The summed E-state index contributed by atoms with van der Waals surface area (Å²) in [6.07, 6.45) is 3.57. The Morgan fingerprint density at radius 3 is 2.64 bits per heavy atom.